The SMILES string of the molecule is CC(C)C[C@@H](C#N)NC(=O)[C@@H](NC(=O)[C@H](Cc1ccccc1)NC(=O)OCc1ccccc1)C(C)C. The molecule has 0 aliphatic rings. The molecule has 192 valence electrons. The van der Waals surface area contributed by atoms with Crippen molar-refractivity contribution >= 4 is 17.9 Å². The lowest BCUT2D eigenvalue weighted by atomic mass is 9.99. The van der Waals surface area contributed by atoms with Crippen LogP contribution in [0, 0.1) is 23.2 Å². The molecule has 2 aromatic carbocycles. The summed E-state index contributed by atoms with van der Waals surface area (Å²) in [4.78, 5) is 38.8. The van der Waals surface area contributed by atoms with E-state index in [1.807, 2.05) is 88.4 Å². The summed E-state index contributed by atoms with van der Waals surface area (Å²) < 4.78 is 5.31. The van der Waals surface area contributed by atoms with Gasteiger partial charge in [0.1, 0.15) is 24.7 Å². The zero-order valence-electron chi connectivity index (χ0n) is 21.4. The van der Waals surface area contributed by atoms with E-state index < -0.39 is 36.0 Å². The van der Waals surface area contributed by atoms with Crippen molar-refractivity contribution in [1.29, 1.82) is 5.26 Å². The van der Waals surface area contributed by atoms with E-state index in [0.717, 1.165) is 11.1 Å². The lowest BCUT2D eigenvalue weighted by molar-refractivity contribution is -0.131. The first-order valence-electron chi connectivity index (χ1n) is 12.2. The van der Waals surface area contributed by atoms with E-state index in [0.29, 0.717) is 6.42 Å². The molecule has 0 fully saturated rings. The standard InChI is InChI=1S/C28H36N4O4/c1-19(2)15-23(17-29)30-27(34)25(20(3)4)32-26(33)24(16-21-11-7-5-8-12-21)31-28(35)36-18-22-13-9-6-10-14-22/h5-14,19-20,23-25H,15-16,18H2,1-4H3,(H,30,34)(H,31,35)(H,32,33)/t23-,24-,25-/m0/s1. The van der Waals surface area contributed by atoms with E-state index in [1.54, 1.807) is 0 Å². The van der Waals surface area contributed by atoms with Crippen LogP contribution in [0.3, 0.4) is 0 Å². The molecule has 0 heterocycles. The fourth-order valence-corrected chi connectivity index (χ4v) is 3.63. The molecule has 0 spiro atoms. The molecule has 8 heteroatoms. The van der Waals surface area contributed by atoms with Crippen LogP contribution in [0.4, 0.5) is 4.79 Å². The fourth-order valence-electron chi connectivity index (χ4n) is 3.63. The van der Waals surface area contributed by atoms with Crippen LogP contribution in [-0.2, 0) is 27.4 Å². The van der Waals surface area contributed by atoms with Crippen LogP contribution >= 0.6 is 0 Å². The van der Waals surface area contributed by atoms with Crippen molar-refractivity contribution in [2.24, 2.45) is 11.8 Å². The number of nitriles is 1. The first kappa shape index (κ1) is 28.4. The van der Waals surface area contributed by atoms with Gasteiger partial charge in [-0.05, 0) is 29.4 Å². The van der Waals surface area contributed by atoms with Crippen molar-refractivity contribution in [3.05, 3.63) is 71.8 Å². The van der Waals surface area contributed by atoms with Gasteiger partial charge in [-0.3, -0.25) is 9.59 Å². The van der Waals surface area contributed by atoms with Crippen molar-refractivity contribution in [1.82, 2.24) is 16.0 Å². The number of hydrogen-bond acceptors (Lipinski definition) is 5. The second-order valence-electron chi connectivity index (χ2n) is 9.50. The highest BCUT2D eigenvalue weighted by molar-refractivity contribution is 5.91. The number of carbonyl (C=O) groups is 3. The summed E-state index contributed by atoms with van der Waals surface area (Å²) >= 11 is 0. The Morgan fingerprint density at radius 2 is 1.42 bits per heavy atom. The van der Waals surface area contributed by atoms with Crippen molar-refractivity contribution in [2.75, 3.05) is 0 Å². The third kappa shape index (κ3) is 9.79. The van der Waals surface area contributed by atoms with Crippen molar-refractivity contribution < 1.29 is 19.1 Å². The molecule has 0 saturated carbocycles. The highest BCUT2D eigenvalue weighted by atomic mass is 16.5. The van der Waals surface area contributed by atoms with E-state index in [-0.39, 0.29) is 24.9 Å². The number of carbonyl (C=O) groups excluding carboxylic acids is 3. The molecule has 0 saturated heterocycles. The van der Waals surface area contributed by atoms with Gasteiger partial charge >= 0.3 is 6.09 Å². The number of alkyl carbamates (subject to hydrolysis) is 1. The molecular formula is C28H36N4O4. The van der Waals surface area contributed by atoms with Crippen LogP contribution in [0.15, 0.2) is 60.7 Å². The number of amides is 3. The molecule has 3 amide bonds. The van der Waals surface area contributed by atoms with Gasteiger partial charge in [0.2, 0.25) is 11.8 Å². The Labute approximate surface area is 213 Å². The molecule has 0 aliphatic carbocycles. The zero-order chi connectivity index (χ0) is 26.5. The van der Waals surface area contributed by atoms with E-state index in [9.17, 15) is 19.6 Å². The van der Waals surface area contributed by atoms with Gasteiger partial charge in [0.25, 0.3) is 0 Å². The second kappa shape index (κ2) is 14.5. The zero-order valence-corrected chi connectivity index (χ0v) is 21.4. The minimum atomic E-state index is -0.966. The van der Waals surface area contributed by atoms with E-state index in [2.05, 4.69) is 22.0 Å². The van der Waals surface area contributed by atoms with Crippen LogP contribution in [0.5, 0.6) is 0 Å². The molecule has 2 rings (SSSR count). The van der Waals surface area contributed by atoms with Gasteiger partial charge in [-0.25, -0.2) is 4.79 Å². The highest BCUT2D eigenvalue weighted by Crippen LogP contribution is 2.10. The molecule has 3 atom stereocenters. The molecule has 0 radical (unpaired) electrons. The summed E-state index contributed by atoms with van der Waals surface area (Å²) in [6.45, 7) is 7.61. The molecule has 3 N–H and O–H groups in total. The lowest BCUT2D eigenvalue weighted by Crippen LogP contribution is -2.57. The largest absolute Gasteiger partial charge is 0.445 e. The summed E-state index contributed by atoms with van der Waals surface area (Å²) in [5.74, 6) is -0.962. The lowest BCUT2D eigenvalue weighted by Gasteiger charge is -2.26. The third-order valence-corrected chi connectivity index (χ3v) is 5.53. The normalized spacial score (nSPS) is 13.2. The van der Waals surface area contributed by atoms with E-state index >= 15 is 0 Å². The number of rotatable bonds is 12. The predicted octanol–water partition coefficient (Wildman–Crippen LogP) is 3.72. The minimum absolute atomic E-state index is 0.0643. The van der Waals surface area contributed by atoms with Crippen LogP contribution in [0.2, 0.25) is 0 Å². The predicted molar refractivity (Wildman–Crippen MR) is 137 cm³/mol. The summed E-state index contributed by atoms with van der Waals surface area (Å²) in [5, 5.41) is 17.5. The Morgan fingerprint density at radius 3 is 1.94 bits per heavy atom. The number of benzene rings is 2. The summed E-state index contributed by atoms with van der Waals surface area (Å²) in [6, 6.07) is 18.1. The average molecular weight is 493 g/mol. The minimum Gasteiger partial charge on any atom is -0.445 e. The second-order valence-corrected chi connectivity index (χ2v) is 9.50. The Hall–Kier alpha value is -3.86. The quantitative estimate of drug-likeness (QED) is 0.417. The Balaban J connectivity index is 2.11. The molecule has 36 heavy (non-hydrogen) atoms. The van der Waals surface area contributed by atoms with Gasteiger partial charge in [-0.1, -0.05) is 88.4 Å². The maximum Gasteiger partial charge on any atom is 0.408 e. The molecule has 0 aliphatic heterocycles. The van der Waals surface area contributed by atoms with Gasteiger partial charge in [0.05, 0.1) is 6.07 Å². The molecule has 2 aromatic rings. The van der Waals surface area contributed by atoms with Gasteiger partial charge < -0.3 is 20.7 Å². The maximum absolute atomic E-state index is 13.3. The first-order chi connectivity index (χ1) is 17.2. The molecule has 0 bridgehead atoms. The van der Waals surface area contributed by atoms with Crippen LogP contribution < -0.4 is 16.0 Å². The van der Waals surface area contributed by atoms with E-state index in [4.69, 9.17) is 4.74 Å². The number of nitrogens with one attached hydrogen (secondary N) is 3. The number of hydrogen-bond donors (Lipinski definition) is 3. The summed E-state index contributed by atoms with van der Waals surface area (Å²) in [7, 11) is 0. The van der Waals surface area contributed by atoms with Crippen molar-refractivity contribution in [3.63, 3.8) is 0 Å². The monoisotopic (exact) mass is 492 g/mol. The third-order valence-electron chi connectivity index (χ3n) is 5.53. The molecular weight excluding hydrogens is 456 g/mol. The van der Waals surface area contributed by atoms with Gasteiger partial charge in [0.15, 0.2) is 0 Å². The Kier molecular flexibility index (Phi) is 11.4. The maximum atomic E-state index is 13.3. The molecule has 0 unspecified atom stereocenters. The van der Waals surface area contributed by atoms with Crippen LogP contribution in [-0.4, -0.2) is 36.0 Å². The van der Waals surface area contributed by atoms with Gasteiger partial charge in [0, 0.05) is 6.42 Å². The van der Waals surface area contributed by atoms with E-state index in [1.165, 1.54) is 0 Å². The Bertz CT molecular complexity index is 1020. The number of ether oxygens (including phenoxy) is 1. The topological polar surface area (TPSA) is 120 Å². The van der Waals surface area contributed by atoms with Crippen LogP contribution in [0.1, 0.15) is 45.2 Å². The molecule has 8 nitrogen and oxygen atoms in total. The van der Waals surface area contributed by atoms with Crippen molar-refractivity contribution in [2.45, 2.75) is 65.3 Å². The Morgan fingerprint density at radius 1 is 0.833 bits per heavy atom. The highest BCUT2D eigenvalue weighted by Gasteiger charge is 2.30. The smallest absolute Gasteiger partial charge is 0.408 e. The summed E-state index contributed by atoms with van der Waals surface area (Å²) in [5.41, 5.74) is 1.66. The fraction of sp³-hybridized carbons (Fsp3) is 0.429. The summed E-state index contributed by atoms with van der Waals surface area (Å²) in [6.07, 6.45) is -0.0119. The van der Waals surface area contributed by atoms with Gasteiger partial charge in [-0.2, -0.15) is 5.26 Å². The van der Waals surface area contributed by atoms with Crippen LogP contribution in [0.25, 0.3) is 0 Å². The van der Waals surface area contributed by atoms with Crippen molar-refractivity contribution in [3.8, 4) is 6.07 Å². The van der Waals surface area contributed by atoms with Gasteiger partial charge in [-0.15, -0.1) is 0 Å². The average Bonchev–Trinajstić information content (AvgIpc) is 2.85. The number of nitrogens with zero attached hydrogens (tertiary/aromatic N) is 1. The molecule has 0 aromatic heterocycles. The first-order valence-corrected chi connectivity index (χ1v) is 12.2.